The number of ether oxygens (including phenoxy) is 1. The van der Waals surface area contributed by atoms with Gasteiger partial charge in [-0.15, -0.1) is 0 Å². The minimum Gasteiger partial charge on any atom is -0.476 e. The molecular formula is C20H25N3O3. The van der Waals surface area contributed by atoms with E-state index < -0.39 is 5.97 Å². The van der Waals surface area contributed by atoms with Crippen molar-refractivity contribution < 1.29 is 14.6 Å². The SMILES string of the molecule is Cc1cccc(C2CCCC(CNc3nc(C)nc(C(=O)O)c3C)O2)c1. The van der Waals surface area contributed by atoms with Crippen molar-refractivity contribution in [3.05, 3.63) is 52.5 Å². The van der Waals surface area contributed by atoms with Crippen molar-refractivity contribution in [2.75, 3.05) is 11.9 Å². The van der Waals surface area contributed by atoms with Gasteiger partial charge in [0.25, 0.3) is 0 Å². The van der Waals surface area contributed by atoms with Gasteiger partial charge in [0.2, 0.25) is 0 Å². The Bertz CT molecular complexity index is 807. The fourth-order valence-corrected chi connectivity index (χ4v) is 3.38. The zero-order valence-electron chi connectivity index (χ0n) is 15.5. The van der Waals surface area contributed by atoms with Crippen LogP contribution in [0.2, 0.25) is 0 Å². The third kappa shape index (κ3) is 4.19. The van der Waals surface area contributed by atoms with Crippen LogP contribution in [0.5, 0.6) is 0 Å². The van der Waals surface area contributed by atoms with Crippen molar-refractivity contribution in [2.24, 2.45) is 0 Å². The second-order valence-corrected chi connectivity index (χ2v) is 6.87. The molecule has 1 aliphatic rings. The van der Waals surface area contributed by atoms with Gasteiger partial charge in [-0.2, -0.15) is 0 Å². The fraction of sp³-hybridized carbons (Fsp3) is 0.450. The monoisotopic (exact) mass is 355 g/mol. The summed E-state index contributed by atoms with van der Waals surface area (Å²) in [5, 5.41) is 12.5. The molecule has 138 valence electrons. The first-order valence-electron chi connectivity index (χ1n) is 8.98. The summed E-state index contributed by atoms with van der Waals surface area (Å²) in [5.41, 5.74) is 3.05. The van der Waals surface area contributed by atoms with Crippen molar-refractivity contribution in [1.29, 1.82) is 0 Å². The Morgan fingerprint density at radius 3 is 2.81 bits per heavy atom. The van der Waals surface area contributed by atoms with E-state index in [1.54, 1.807) is 13.8 Å². The molecule has 1 aromatic heterocycles. The van der Waals surface area contributed by atoms with Crippen molar-refractivity contribution in [3.8, 4) is 0 Å². The minimum atomic E-state index is -1.04. The van der Waals surface area contributed by atoms with Crippen LogP contribution in [-0.4, -0.2) is 33.7 Å². The quantitative estimate of drug-likeness (QED) is 0.848. The van der Waals surface area contributed by atoms with E-state index in [4.69, 9.17) is 4.74 Å². The van der Waals surface area contributed by atoms with Gasteiger partial charge in [-0.3, -0.25) is 0 Å². The number of anilines is 1. The third-order valence-corrected chi connectivity index (χ3v) is 4.72. The molecule has 0 aliphatic carbocycles. The number of nitrogens with zero attached hydrogens (tertiary/aromatic N) is 2. The van der Waals surface area contributed by atoms with Crippen LogP contribution in [-0.2, 0) is 4.74 Å². The maximum absolute atomic E-state index is 11.3. The number of aromatic nitrogens is 2. The van der Waals surface area contributed by atoms with Gasteiger partial charge in [0, 0.05) is 12.1 Å². The van der Waals surface area contributed by atoms with Crippen LogP contribution < -0.4 is 5.32 Å². The normalized spacial score (nSPS) is 20.0. The fourth-order valence-electron chi connectivity index (χ4n) is 3.38. The van der Waals surface area contributed by atoms with Gasteiger partial charge in [-0.25, -0.2) is 14.8 Å². The molecule has 1 aliphatic heterocycles. The summed E-state index contributed by atoms with van der Waals surface area (Å²) in [6.45, 7) is 6.11. The summed E-state index contributed by atoms with van der Waals surface area (Å²) >= 11 is 0. The molecule has 1 saturated heterocycles. The van der Waals surface area contributed by atoms with Crippen LogP contribution in [0, 0.1) is 20.8 Å². The van der Waals surface area contributed by atoms with E-state index in [0.29, 0.717) is 23.8 Å². The first-order chi connectivity index (χ1) is 12.4. The Morgan fingerprint density at radius 1 is 1.27 bits per heavy atom. The number of carbonyl (C=O) groups is 1. The number of rotatable bonds is 5. The summed E-state index contributed by atoms with van der Waals surface area (Å²) in [5.74, 6) is -0.0293. The molecule has 2 atom stereocenters. The van der Waals surface area contributed by atoms with Crippen LogP contribution in [0.1, 0.15) is 58.4 Å². The van der Waals surface area contributed by atoms with E-state index in [9.17, 15) is 9.90 Å². The van der Waals surface area contributed by atoms with E-state index in [1.807, 2.05) is 0 Å². The zero-order valence-corrected chi connectivity index (χ0v) is 15.5. The van der Waals surface area contributed by atoms with Crippen molar-refractivity contribution >= 4 is 11.8 Å². The zero-order chi connectivity index (χ0) is 18.7. The molecule has 0 amide bonds. The summed E-state index contributed by atoms with van der Waals surface area (Å²) in [6.07, 6.45) is 3.28. The Hall–Kier alpha value is -2.47. The van der Waals surface area contributed by atoms with E-state index in [2.05, 4.69) is 46.5 Å². The van der Waals surface area contributed by atoms with E-state index in [-0.39, 0.29) is 17.9 Å². The van der Waals surface area contributed by atoms with Gasteiger partial charge in [0.05, 0.1) is 12.2 Å². The molecule has 26 heavy (non-hydrogen) atoms. The van der Waals surface area contributed by atoms with E-state index in [1.165, 1.54) is 11.1 Å². The number of carboxylic acids is 1. The Balaban J connectivity index is 1.67. The highest BCUT2D eigenvalue weighted by Crippen LogP contribution is 2.31. The highest BCUT2D eigenvalue weighted by Gasteiger charge is 2.24. The minimum absolute atomic E-state index is 0.0437. The molecule has 0 saturated carbocycles. The molecule has 2 heterocycles. The third-order valence-electron chi connectivity index (χ3n) is 4.72. The number of hydrogen-bond acceptors (Lipinski definition) is 5. The van der Waals surface area contributed by atoms with E-state index >= 15 is 0 Å². The van der Waals surface area contributed by atoms with Gasteiger partial charge >= 0.3 is 5.97 Å². The van der Waals surface area contributed by atoms with Gasteiger partial charge < -0.3 is 15.2 Å². The van der Waals surface area contributed by atoms with Crippen LogP contribution in [0.4, 0.5) is 5.82 Å². The molecule has 6 heteroatoms. The second kappa shape index (κ2) is 7.83. The Labute approximate surface area is 153 Å². The first kappa shape index (κ1) is 18.3. The van der Waals surface area contributed by atoms with Crippen LogP contribution >= 0.6 is 0 Å². The maximum atomic E-state index is 11.3. The highest BCUT2D eigenvalue weighted by atomic mass is 16.5. The molecule has 1 fully saturated rings. The van der Waals surface area contributed by atoms with Crippen LogP contribution in [0.3, 0.4) is 0 Å². The summed E-state index contributed by atoms with van der Waals surface area (Å²) in [6, 6.07) is 8.45. The lowest BCUT2D eigenvalue weighted by atomic mass is 9.97. The molecule has 2 aromatic rings. The first-order valence-corrected chi connectivity index (χ1v) is 8.98. The predicted octanol–water partition coefficient (Wildman–Crippen LogP) is 3.82. The lowest BCUT2D eigenvalue weighted by Gasteiger charge is -2.31. The lowest BCUT2D eigenvalue weighted by molar-refractivity contribution is -0.0442. The van der Waals surface area contributed by atoms with Crippen molar-refractivity contribution in [1.82, 2.24) is 9.97 Å². The molecule has 0 bridgehead atoms. The number of hydrogen-bond donors (Lipinski definition) is 2. The number of benzene rings is 1. The molecule has 2 unspecified atom stereocenters. The molecule has 6 nitrogen and oxygen atoms in total. The molecule has 0 spiro atoms. The summed E-state index contributed by atoms with van der Waals surface area (Å²) in [4.78, 5) is 19.7. The average Bonchev–Trinajstić information content (AvgIpc) is 2.62. The molecule has 0 radical (unpaired) electrons. The number of nitrogens with one attached hydrogen (secondary N) is 1. The van der Waals surface area contributed by atoms with Crippen molar-refractivity contribution in [3.63, 3.8) is 0 Å². The smallest absolute Gasteiger partial charge is 0.354 e. The molecular weight excluding hydrogens is 330 g/mol. The number of aryl methyl sites for hydroxylation is 2. The van der Waals surface area contributed by atoms with E-state index in [0.717, 1.165) is 19.3 Å². The maximum Gasteiger partial charge on any atom is 0.354 e. The van der Waals surface area contributed by atoms with Crippen molar-refractivity contribution in [2.45, 2.75) is 52.2 Å². The molecule has 3 rings (SSSR count). The van der Waals surface area contributed by atoms with Gasteiger partial charge in [0.15, 0.2) is 5.69 Å². The molecule has 1 aromatic carbocycles. The number of aromatic carboxylic acids is 1. The van der Waals surface area contributed by atoms with Gasteiger partial charge in [-0.05, 0) is 45.6 Å². The molecule has 2 N–H and O–H groups in total. The highest BCUT2D eigenvalue weighted by molar-refractivity contribution is 5.88. The Morgan fingerprint density at radius 2 is 2.08 bits per heavy atom. The lowest BCUT2D eigenvalue weighted by Crippen LogP contribution is -2.29. The topological polar surface area (TPSA) is 84.3 Å². The van der Waals surface area contributed by atoms with Crippen LogP contribution in [0.25, 0.3) is 0 Å². The summed E-state index contributed by atoms with van der Waals surface area (Å²) in [7, 11) is 0. The predicted molar refractivity (Wildman–Crippen MR) is 99.6 cm³/mol. The van der Waals surface area contributed by atoms with Gasteiger partial charge in [0.1, 0.15) is 11.6 Å². The number of carboxylic acid groups (broad SMARTS) is 1. The van der Waals surface area contributed by atoms with Gasteiger partial charge in [-0.1, -0.05) is 29.8 Å². The average molecular weight is 355 g/mol. The summed E-state index contributed by atoms with van der Waals surface area (Å²) < 4.78 is 6.27. The largest absolute Gasteiger partial charge is 0.476 e. The second-order valence-electron chi connectivity index (χ2n) is 6.87. The Kier molecular flexibility index (Phi) is 5.52. The standard InChI is InChI=1S/C20H25N3O3/c1-12-6-4-7-15(10-12)17-9-5-8-16(26-17)11-21-19-13(2)18(20(24)25)22-14(3)23-19/h4,6-7,10,16-17H,5,8-9,11H2,1-3H3,(H,24,25)(H,21,22,23). The van der Waals surface area contributed by atoms with Crippen LogP contribution in [0.15, 0.2) is 24.3 Å².